The second-order valence-corrected chi connectivity index (χ2v) is 6.40. The second kappa shape index (κ2) is 7.46. The fraction of sp³-hybridized carbons (Fsp3) is 1.00. The molecule has 0 radical (unpaired) electrons. The molecule has 2 rings (SSSR count). The van der Waals surface area contributed by atoms with Crippen molar-refractivity contribution >= 4 is 0 Å². The topological polar surface area (TPSA) is 35.5 Å². The molecule has 0 spiro atoms. The summed E-state index contributed by atoms with van der Waals surface area (Å²) in [4.78, 5) is 2.40. The van der Waals surface area contributed by atoms with Crippen LogP contribution in [0.15, 0.2) is 0 Å². The molecular formula is C15H30N2O. The van der Waals surface area contributed by atoms with Gasteiger partial charge >= 0.3 is 0 Å². The van der Waals surface area contributed by atoms with Crippen LogP contribution in [0.1, 0.15) is 45.4 Å². The Kier molecular flexibility index (Phi) is 5.93. The third-order valence-electron chi connectivity index (χ3n) is 4.57. The highest BCUT2D eigenvalue weighted by molar-refractivity contribution is 4.76. The minimum atomic E-state index is -0.179. The largest absolute Gasteiger partial charge is 0.392 e. The number of β-amino-alcohol motifs (C(OH)–C–C–N with tert-alkyl or cyclic N) is 1. The summed E-state index contributed by atoms with van der Waals surface area (Å²) < 4.78 is 0. The van der Waals surface area contributed by atoms with Crippen molar-refractivity contribution in [2.24, 2.45) is 11.8 Å². The zero-order valence-electron chi connectivity index (χ0n) is 11.9. The Balaban J connectivity index is 1.53. The molecule has 3 nitrogen and oxygen atoms in total. The summed E-state index contributed by atoms with van der Waals surface area (Å²) in [6.07, 6.45) is 8.20. The Bertz CT molecular complexity index is 219. The van der Waals surface area contributed by atoms with Gasteiger partial charge in [0.25, 0.3) is 0 Å². The van der Waals surface area contributed by atoms with E-state index >= 15 is 0 Å². The quantitative estimate of drug-likeness (QED) is 0.759. The fourth-order valence-electron chi connectivity index (χ4n) is 3.45. The average molecular weight is 254 g/mol. The Morgan fingerprint density at radius 2 is 1.61 bits per heavy atom. The first-order valence-corrected chi connectivity index (χ1v) is 7.85. The maximum absolute atomic E-state index is 9.38. The molecule has 1 atom stereocenters. The molecule has 1 aliphatic carbocycles. The highest BCUT2D eigenvalue weighted by Gasteiger charge is 2.20. The SMILES string of the molecule is CC(O)CN1CCC(CNCC2CCCC2)CC1. The van der Waals surface area contributed by atoms with Crippen LogP contribution >= 0.6 is 0 Å². The summed E-state index contributed by atoms with van der Waals surface area (Å²) in [7, 11) is 0. The summed E-state index contributed by atoms with van der Waals surface area (Å²) in [5, 5.41) is 13.1. The lowest BCUT2D eigenvalue weighted by Gasteiger charge is -2.32. The van der Waals surface area contributed by atoms with Gasteiger partial charge in [-0.25, -0.2) is 0 Å². The summed E-state index contributed by atoms with van der Waals surface area (Å²) >= 11 is 0. The van der Waals surface area contributed by atoms with Crippen LogP contribution in [0, 0.1) is 11.8 Å². The van der Waals surface area contributed by atoms with Crippen LogP contribution in [0.2, 0.25) is 0 Å². The molecule has 1 saturated carbocycles. The van der Waals surface area contributed by atoms with Crippen LogP contribution in [-0.4, -0.2) is 48.8 Å². The van der Waals surface area contributed by atoms with Gasteiger partial charge in [-0.2, -0.15) is 0 Å². The van der Waals surface area contributed by atoms with E-state index in [1.165, 1.54) is 64.7 Å². The zero-order valence-corrected chi connectivity index (χ0v) is 11.9. The van der Waals surface area contributed by atoms with E-state index in [1.807, 2.05) is 6.92 Å². The molecule has 0 amide bonds. The van der Waals surface area contributed by atoms with E-state index in [9.17, 15) is 5.11 Å². The summed E-state index contributed by atoms with van der Waals surface area (Å²) in [6, 6.07) is 0. The second-order valence-electron chi connectivity index (χ2n) is 6.40. The first kappa shape index (κ1) is 14.3. The number of nitrogens with one attached hydrogen (secondary N) is 1. The van der Waals surface area contributed by atoms with Crippen molar-refractivity contribution in [1.29, 1.82) is 0 Å². The molecular weight excluding hydrogens is 224 g/mol. The number of rotatable bonds is 6. The van der Waals surface area contributed by atoms with Crippen molar-refractivity contribution in [1.82, 2.24) is 10.2 Å². The molecule has 0 bridgehead atoms. The summed E-state index contributed by atoms with van der Waals surface area (Å²) in [5.41, 5.74) is 0. The van der Waals surface area contributed by atoms with Crippen molar-refractivity contribution in [3.8, 4) is 0 Å². The lowest BCUT2D eigenvalue weighted by Crippen LogP contribution is -2.40. The van der Waals surface area contributed by atoms with Gasteiger partial charge in [-0.15, -0.1) is 0 Å². The van der Waals surface area contributed by atoms with Gasteiger partial charge in [0, 0.05) is 6.54 Å². The first-order chi connectivity index (χ1) is 8.74. The van der Waals surface area contributed by atoms with E-state index in [4.69, 9.17) is 0 Å². The fourth-order valence-corrected chi connectivity index (χ4v) is 3.45. The van der Waals surface area contributed by atoms with Gasteiger partial charge in [0.1, 0.15) is 0 Å². The molecule has 2 aliphatic rings. The Labute approximate surface area is 112 Å². The molecule has 3 heteroatoms. The first-order valence-electron chi connectivity index (χ1n) is 7.85. The third kappa shape index (κ3) is 4.87. The van der Waals surface area contributed by atoms with Crippen molar-refractivity contribution in [3.63, 3.8) is 0 Å². The standard InChI is InChI=1S/C15H30N2O/c1-13(18)12-17-8-6-15(7-9-17)11-16-10-14-4-2-3-5-14/h13-16,18H,2-12H2,1H3. The molecule has 2 N–H and O–H groups in total. The van der Waals surface area contributed by atoms with Crippen LogP contribution in [-0.2, 0) is 0 Å². The Hall–Kier alpha value is -0.120. The predicted octanol–water partition coefficient (Wildman–Crippen LogP) is 1.86. The summed E-state index contributed by atoms with van der Waals surface area (Å²) in [6.45, 7) is 7.52. The Morgan fingerprint density at radius 3 is 2.17 bits per heavy atom. The molecule has 18 heavy (non-hydrogen) atoms. The number of hydrogen-bond donors (Lipinski definition) is 2. The van der Waals surface area contributed by atoms with Gasteiger partial charge in [0.2, 0.25) is 0 Å². The monoisotopic (exact) mass is 254 g/mol. The number of nitrogens with zero attached hydrogens (tertiary/aromatic N) is 1. The molecule has 106 valence electrons. The van der Waals surface area contributed by atoms with Crippen molar-refractivity contribution in [3.05, 3.63) is 0 Å². The highest BCUT2D eigenvalue weighted by Crippen LogP contribution is 2.24. The highest BCUT2D eigenvalue weighted by atomic mass is 16.3. The van der Waals surface area contributed by atoms with E-state index in [0.29, 0.717) is 0 Å². The van der Waals surface area contributed by atoms with Crippen LogP contribution < -0.4 is 5.32 Å². The molecule has 1 heterocycles. The number of hydrogen-bond acceptors (Lipinski definition) is 3. The van der Waals surface area contributed by atoms with Gasteiger partial charge in [-0.1, -0.05) is 12.8 Å². The lowest BCUT2D eigenvalue weighted by atomic mass is 9.96. The maximum atomic E-state index is 9.38. The number of likely N-dealkylation sites (tertiary alicyclic amines) is 1. The van der Waals surface area contributed by atoms with E-state index in [2.05, 4.69) is 10.2 Å². The van der Waals surface area contributed by atoms with E-state index < -0.39 is 0 Å². The van der Waals surface area contributed by atoms with Gasteiger partial charge in [-0.05, 0) is 70.6 Å². The van der Waals surface area contributed by atoms with Crippen LogP contribution in [0.5, 0.6) is 0 Å². The molecule has 0 aromatic carbocycles. The van der Waals surface area contributed by atoms with E-state index in [1.54, 1.807) is 0 Å². The predicted molar refractivity (Wildman–Crippen MR) is 75.7 cm³/mol. The van der Waals surface area contributed by atoms with Crippen molar-refractivity contribution in [2.75, 3.05) is 32.7 Å². The zero-order chi connectivity index (χ0) is 12.8. The molecule has 2 fully saturated rings. The summed E-state index contributed by atoms with van der Waals surface area (Å²) in [5.74, 6) is 1.82. The molecule has 0 aromatic rings. The number of aliphatic hydroxyl groups is 1. The van der Waals surface area contributed by atoms with Crippen molar-refractivity contribution < 1.29 is 5.11 Å². The van der Waals surface area contributed by atoms with Crippen molar-refractivity contribution in [2.45, 2.75) is 51.6 Å². The smallest absolute Gasteiger partial charge is 0.0639 e. The van der Waals surface area contributed by atoms with Crippen LogP contribution in [0.3, 0.4) is 0 Å². The van der Waals surface area contributed by atoms with Gasteiger partial charge in [-0.3, -0.25) is 0 Å². The van der Waals surface area contributed by atoms with Gasteiger partial charge in [0.15, 0.2) is 0 Å². The van der Waals surface area contributed by atoms with Crippen LogP contribution in [0.4, 0.5) is 0 Å². The average Bonchev–Trinajstić information content (AvgIpc) is 2.84. The van der Waals surface area contributed by atoms with Crippen LogP contribution in [0.25, 0.3) is 0 Å². The van der Waals surface area contributed by atoms with Gasteiger partial charge in [0.05, 0.1) is 6.10 Å². The molecule has 1 aliphatic heterocycles. The number of aliphatic hydroxyl groups excluding tert-OH is 1. The minimum absolute atomic E-state index is 0.179. The molecule has 1 unspecified atom stereocenters. The van der Waals surface area contributed by atoms with E-state index in [-0.39, 0.29) is 6.10 Å². The lowest BCUT2D eigenvalue weighted by molar-refractivity contribution is 0.0997. The molecule has 1 saturated heterocycles. The third-order valence-corrected chi connectivity index (χ3v) is 4.57. The minimum Gasteiger partial charge on any atom is -0.392 e. The maximum Gasteiger partial charge on any atom is 0.0639 e. The Morgan fingerprint density at radius 1 is 1.06 bits per heavy atom. The molecule has 0 aromatic heterocycles. The number of piperidine rings is 1. The van der Waals surface area contributed by atoms with Gasteiger partial charge < -0.3 is 15.3 Å². The van der Waals surface area contributed by atoms with E-state index in [0.717, 1.165) is 18.4 Å². The normalized spacial score (nSPS) is 25.7.